The van der Waals surface area contributed by atoms with E-state index in [0.29, 0.717) is 23.3 Å². The summed E-state index contributed by atoms with van der Waals surface area (Å²) < 4.78 is 28.5. The number of nitrogens with two attached hydrogens (primary N) is 1. The van der Waals surface area contributed by atoms with Crippen LogP contribution in [0.1, 0.15) is 18.4 Å². The van der Waals surface area contributed by atoms with Gasteiger partial charge in [0.25, 0.3) is 0 Å². The van der Waals surface area contributed by atoms with Crippen LogP contribution >= 0.6 is 11.6 Å². The van der Waals surface area contributed by atoms with Crippen LogP contribution in [0.5, 0.6) is 0 Å². The van der Waals surface area contributed by atoms with E-state index in [0.717, 1.165) is 23.2 Å². The van der Waals surface area contributed by atoms with Crippen molar-refractivity contribution in [3.05, 3.63) is 58.9 Å². The number of aromatic nitrogens is 2. The van der Waals surface area contributed by atoms with E-state index in [1.54, 1.807) is 24.3 Å². The van der Waals surface area contributed by atoms with Crippen molar-refractivity contribution in [3.63, 3.8) is 0 Å². The van der Waals surface area contributed by atoms with Crippen molar-refractivity contribution < 1.29 is 12.9 Å². The first kappa shape index (κ1) is 18.0. The van der Waals surface area contributed by atoms with Gasteiger partial charge in [0.15, 0.2) is 0 Å². The predicted octanol–water partition coefficient (Wildman–Crippen LogP) is 2.99. The number of hydrogen-bond donors (Lipinski definition) is 1. The van der Waals surface area contributed by atoms with Crippen molar-refractivity contribution in [2.24, 2.45) is 5.14 Å². The summed E-state index contributed by atoms with van der Waals surface area (Å²) in [5.74, 6) is 0.980. The maximum Gasteiger partial charge on any atom is 0.246 e. The highest BCUT2D eigenvalue weighted by atomic mass is 35.5. The Bertz CT molecular complexity index is 1100. The van der Waals surface area contributed by atoms with E-state index in [-0.39, 0.29) is 10.9 Å². The zero-order valence-electron chi connectivity index (χ0n) is 14.5. The van der Waals surface area contributed by atoms with Crippen LogP contribution in [0.25, 0.3) is 11.4 Å². The van der Waals surface area contributed by atoms with Crippen LogP contribution in [0.4, 0.5) is 5.69 Å². The van der Waals surface area contributed by atoms with Crippen LogP contribution in [-0.4, -0.2) is 24.6 Å². The van der Waals surface area contributed by atoms with Crippen molar-refractivity contribution >= 4 is 27.3 Å². The van der Waals surface area contributed by atoms with Crippen LogP contribution in [-0.2, 0) is 23.0 Å². The van der Waals surface area contributed by atoms with Crippen LogP contribution in [0.2, 0.25) is 5.02 Å². The van der Waals surface area contributed by atoms with E-state index >= 15 is 0 Å². The number of anilines is 1. The van der Waals surface area contributed by atoms with Crippen molar-refractivity contribution in [2.45, 2.75) is 30.8 Å². The summed E-state index contributed by atoms with van der Waals surface area (Å²) in [4.78, 5) is 6.70. The fourth-order valence-corrected chi connectivity index (χ4v) is 3.96. The minimum Gasteiger partial charge on any atom is -0.359 e. The number of sulfonamides is 1. The molecule has 27 heavy (non-hydrogen) atoms. The molecule has 0 spiro atoms. The molecule has 2 N–H and O–H groups in total. The molecule has 0 saturated heterocycles. The number of rotatable bonds is 4. The second-order valence-corrected chi connectivity index (χ2v) is 8.53. The largest absolute Gasteiger partial charge is 0.359 e. The summed E-state index contributed by atoms with van der Waals surface area (Å²) in [6.45, 7) is 2.50. The number of halogens is 1. The molecule has 2 heterocycles. The third-order valence-electron chi connectivity index (χ3n) is 4.61. The minimum atomic E-state index is -3.72. The lowest BCUT2D eigenvalue weighted by Gasteiger charge is -2.22. The summed E-state index contributed by atoms with van der Waals surface area (Å²) in [7, 11) is -3.72. The molecule has 0 bridgehead atoms. The lowest BCUT2D eigenvalue weighted by molar-refractivity contribution is 0.374. The maximum absolute atomic E-state index is 11.6. The summed E-state index contributed by atoms with van der Waals surface area (Å²) >= 11 is 5.90. The highest BCUT2D eigenvalue weighted by Crippen LogP contribution is 2.34. The van der Waals surface area contributed by atoms with E-state index in [1.807, 2.05) is 12.1 Å². The van der Waals surface area contributed by atoms with E-state index in [2.05, 4.69) is 22.0 Å². The number of benzene rings is 2. The third-order valence-corrected chi connectivity index (χ3v) is 5.78. The standard InChI is InChI=1S/C18H17ClN4O3S/c1-11-8-13-9-15(27(20,24)25)6-7-16(13)23(11)10-17-21-18(22-26-17)12-2-4-14(19)5-3-12/h2-7,9,11H,8,10H2,1H3,(H2,20,24,25)/t11-/m0/s1. The number of hydrogen-bond acceptors (Lipinski definition) is 6. The molecule has 1 aliphatic rings. The first-order chi connectivity index (χ1) is 12.8. The van der Waals surface area contributed by atoms with Gasteiger partial charge in [-0.2, -0.15) is 4.98 Å². The molecule has 0 saturated carbocycles. The average Bonchev–Trinajstić information content (AvgIpc) is 3.20. The summed E-state index contributed by atoms with van der Waals surface area (Å²) in [5, 5.41) is 9.90. The first-order valence-electron chi connectivity index (χ1n) is 8.32. The molecule has 1 aromatic heterocycles. The Morgan fingerprint density at radius 3 is 2.70 bits per heavy atom. The Hall–Kier alpha value is -2.42. The third kappa shape index (κ3) is 3.55. The van der Waals surface area contributed by atoms with E-state index < -0.39 is 10.0 Å². The topological polar surface area (TPSA) is 102 Å². The molecule has 140 valence electrons. The van der Waals surface area contributed by atoms with Gasteiger partial charge >= 0.3 is 0 Å². The van der Waals surface area contributed by atoms with Gasteiger partial charge < -0.3 is 9.42 Å². The van der Waals surface area contributed by atoms with E-state index in [1.165, 1.54) is 6.07 Å². The Morgan fingerprint density at radius 2 is 2.00 bits per heavy atom. The van der Waals surface area contributed by atoms with Gasteiger partial charge in [-0.15, -0.1) is 0 Å². The predicted molar refractivity (Wildman–Crippen MR) is 102 cm³/mol. The molecule has 9 heteroatoms. The van der Waals surface area contributed by atoms with Gasteiger partial charge in [0.1, 0.15) is 0 Å². The normalized spacial score (nSPS) is 16.6. The van der Waals surface area contributed by atoms with Crippen molar-refractivity contribution in [3.8, 4) is 11.4 Å². The van der Waals surface area contributed by atoms with Gasteiger partial charge in [0.05, 0.1) is 11.4 Å². The quantitative estimate of drug-likeness (QED) is 0.717. The second kappa shape index (κ2) is 6.63. The molecule has 0 fully saturated rings. The van der Waals surface area contributed by atoms with Gasteiger partial charge in [0.2, 0.25) is 21.7 Å². The van der Waals surface area contributed by atoms with Crippen molar-refractivity contribution in [2.75, 3.05) is 4.90 Å². The fourth-order valence-electron chi connectivity index (χ4n) is 3.27. The maximum atomic E-state index is 11.6. The van der Waals surface area contributed by atoms with Crippen molar-refractivity contribution in [1.82, 2.24) is 10.1 Å². The molecule has 7 nitrogen and oxygen atoms in total. The fraction of sp³-hybridized carbons (Fsp3) is 0.222. The van der Waals surface area contributed by atoms with Crippen LogP contribution in [0.15, 0.2) is 51.9 Å². The Balaban J connectivity index is 1.58. The zero-order valence-corrected chi connectivity index (χ0v) is 16.0. The Kier molecular flexibility index (Phi) is 4.41. The number of nitrogens with zero attached hydrogens (tertiary/aromatic N) is 3. The molecule has 0 amide bonds. The SMILES string of the molecule is C[C@H]1Cc2cc(S(N)(=O)=O)ccc2N1Cc1nc(-c2ccc(Cl)cc2)no1. The molecular weight excluding hydrogens is 388 g/mol. The molecule has 1 atom stereocenters. The molecule has 2 aromatic carbocycles. The summed E-state index contributed by atoms with van der Waals surface area (Å²) in [6, 6.07) is 12.3. The lowest BCUT2D eigenvalue weighted by atomic mass is 10.1. The second-order valence-electron chi connectivity index (χ2n) is 6.54. The molecule has 1 aliphatic heterocycles. The highest BCUT2D eigenvalue weighted by Gasteiger charge is 2.28. The van der Waals surface area contributed by atoms with Crippen molar-refractivity contribution in [1.29, 1.82) is 0 Å². The Morgan fingerprint density at radius 1 is 1.26 bits per heavy atom. The summed E-state index contributed by atoms with van der Waals surface area (Å²) in [6.07, 6.45) is 0.719. The molecule has 4 rings (SSSR count). The highest BCUT2D eigenvalue weighted by molar-refractivity contribution is 7.89. The number of primary sulfonamides is 1. The molecule has 0 aliphatic carbocycles. The van der Waals surface area contributed by atoms with Crippen LogP contribution in [0.3, 0.4) is 0 Å². The molecule has 3 aromatic rings. The average molecular weight is 405 g/mol. The zero-order chi connectivity index (χ0) is 19.2. The monoisotopic (exact) mass is 404 g/mol. The summed E-state index contributed by atoms with van der Waals surface area (Å²) in [5.41, 5.74) is 2.70. The molecule has 0 radical (unpaired) electrons. The van der Waals surface area contributed by atoms with Gasteiger partial charge in [-0.25, -0.2) is 13.6 Å². The first-order valence-corrected chi connectivity index (χ1v) is 10.2. The van der Waals surface area contributed by atoms with E-state index in [4.69, 9.17) is 21.3 Å². The van der Waals surface area contributed by atoms with Gasteiger partial charge in [0, 0.05) is 22.3 Å². The van der Waals surface area contributed by atoms with Gasteiger partial charge in [-0.05, 0) is 61.4 Å². The van der Waals surface area contributed by atoms with Crippen LogP contribution < -0.4 is 10.0 Å². The van der Waals surface area contributed by atoms with Gasteiger partial charge in [-0.1, -0.05) is 16.8 Å². The lowest BCUT2D eigenvalue weighted by Crippen LogP contribution is -2.28. The Labute approximate surface area is 161 Å². The van der Waals surface area contributed by atoms with Gasteiger partial charge in [-0.3, -0.25) is 0 Å². The number of fused-ring (bicyclic) bond motifs is 1. The minimum absolute atomic E-state index is 0.123. The molecule has 0 unspecified atom stereocenters. The smallest absolute Gasteiger partial charge is 0.246 e. The molecular formula is C18H17ClN4O3S. The van der Waals surface area contributed by atoms with Crippen LogP contribution in [0, 0.1) is 0 Å². The van der Waals surface area contributed by atoms with E-state index in [9.17, 15) is 8.42 Å².